The molecule has 0 spiro atoms. The van der Waals surface area contributed by atoms with E-state index in [1.54, 1.807) is 25.9 Å². The minimum absolute atomic E-state index is 0. The van der Waals surface area contributed by atoms with E-state index in [1.807, 2.05) is 30.3 Å². The average Bonchev–Trinajstić information content (AvgIpc) is 2.80. The molecule has 0 aliphatic carbocycles. The van der Waals surface area contributed by atoms with Gasteiger partial charge in [0.1, 0.15) is 6.04 Å². The lowest BCUT2D eigenvalue weighted by molar-refractivity contribution is -0.147. The molecule has 2 rings (SSSR count). The number of benzene rings is 1. The van der Waals surface area contributed by atoms with Crippen LogP contribution in [0, 0.1) is 0 Å². The maximum absolute atomic E-state index is 12.3. The number of likely N-dealkylation sites (N-methyl/N-ethyl adjacent to an activating group) is 1. The number of nitrogens with zero attached hydrogens (tertiary/aromatic N) is 2. The molecule has 126 valence electrons. The van der Waals surface area contributed by atoms with Crippen LogP contribution in [-0.2, 0) is 20.9 Å². The van der Waals surface area contributed by atoms with E-state index in [0.29, 0.717) is 6.54 Å². The highest BCUT2D eigenvalue weighted by atomic mass is 35.5. The molecule has 1 aliphatic heterocycles. The van der Waals surface area contributed by atoms with Crippen molar-refractivity contribution in [1.82, 2.24) is 15.1 Å². The molecule has 1 aromatic carbocycles. The number of imide groups is 1. The highest BCUT2D eigenvalue weighted by Gasteiger charge is 2.43. The van der Waals surface area contributed by atoms with E-state index in [4.69, 9.17) is 0 Å². The van der Waals surface area contributed by atoms with Gasteiger partial charge in [-0.25, -0.2) is 0 Å². The summed E-state index contributed by atoms with van der Waals surface area (Å²) in [6.45, 7) is 1.95. The largest absolute Gasteiger partial charge is 0.350 e. The van der Waals surface area contributed by atoms with Crippen LogP contribution in [0.2, 0.25) is 0 Å². The van der Waals surface area contributed by atoms with Crippen LogP contribution in [-0.4, -0.2) is 53.7 Å². The normalized spacial score (nSPS) is 18.8. The predicted octanol–water partition coefficient (Wildman–Crippen LogP) is 0.802. The number of nitrogens with one attached hydrogen (secondary N) is 1. The molecule has 1 aliphatic rings. The van der Waals surface area contributed by atoms with E-state index in [-0.39, 0.29) is 36.5 Å². The Morgan fingerprint density at radius 1 is 1.30 bits per heavy atom. The first-order valence-electron chi connectivity index (χ1n) is 7.25. The summed E-state index contributed by atoms with van der Waals surface area (Å²) in [7, 11) is 3.50. The second-order valence-corrected chi connectivity index (χ2v) is 5.66. The van der Waals surface area contributed by atoms with Crippen molar-refractivity contribution < 1.29 is 14.4 Å². The Balaban J connectivity index is 0.00000264. The third kappa shape index (κ3) is 4.30. The number of hydrogen-bond acceptors (Lipinski definition) is 4. The van der Waals surface area contributed by atoms with Crippen molar-refractivity contribution in [3.63, 3.8) is 0 Å². The molecule has 2 atom stereocenters. The zero-order valence-corrected chi connectivity index (χ0v) is 14.3. The Morgan fingerprint density at radius 3 is 2.43 bits per heavy atom. The van der Waals surface area contributed by atoms with Crippen molar-refractivity contribution in [2.24, 2.45) is 0 Å². The molecule has 1 fully saturated rings. The third-order valence-corrected chi connectivity index (χ3v) is 3.86. The summed E-state index contributed by atoms with van der Waals surface area (Å²) >= 11 is 0. The van der Waals surface area contributed by atoms with Crippen molar-refractivity contribution >= 4 is 30.1 Å². The predicted molar refractivity (Wildman–Crippen MR) is 88.9 cm³/mol. The van der Waals surface area contributed by atoms with Crippen LogP contribution < -0.4 is 5.32 Å². The van der Waals surface area contributed by atoms with Gasteiger partial charge in [-0.05, 0) is 26.6 Å². The maximum atomic E-state index is 12.3. The minimum Gasteiger partial charge on any atom is -0.350 e. The Bertz CT molecular complexity index is 577. The van der Waals surface area contributed by atoms with E-state index in [9.17, 15) is 14.4 Å². The Kier molecular flexibility index (Phi) is 6.72. The molecule has 1 N–H and O–H groups in total. The number of rotatable bonds is 5. The van der Waals surface area contributed by atoms with Crippen molar-refractivity contribution in [2.45, 2.75) is 32.0 Å². The topological polar surface area (TPSA) is 69.7 Å². The van der Waals surface area contributed by atoms with Crippen molar-refractivity contribution in [2.75, 3.05) is 14.1 Å². The van der Waals surface area contributed by atoms with Gasteiger partial charge in [-0.15, -0.1) is 12.4 Å². The smallest absolute Gasteiger partial charge is 0.247 e. The molecule has 1 heterocycles. The van der Waals surface area contributed by atoms with Gasteiger partial charge in [0.15, 0.2) is 0 Å². The standard InChI is InChI=1S/C16H21N3O3.ClH/c1-11(15(21)17-10-12-7-5-4-6-8-12)19-14(20)9-13(16(19)22)18(2)3;/h4-8,11,13H,9-10H2,1-3H3,(H,17,21);1H/t11-,13+;/m1./s1. The van der Waals surface area contributed by atoms with Crippen LogP contribution in [0.3, 0.4) is 0 Å². The van der Waals surface area contributed by atoms with Gasteiger partial charge in [0.05, 0.1) is 12.5 Å². The molecule has 1 saturated heterocycles. The van der Waals surface area contributed by atoms with Gasteiger partial charge in [-0.1, -0.05) is 30.3 Å². The van der Waals surface area contributed by atoms with E-state index in [0.717, 1.165) is 10.5 Å². The molecule has 1 aromatic rings. The minimum atomic E-state index is -0.798. The summed E-state index contributed by atoms with van der Waals surface area (Å²) in [5.41, 5.74) is 0.966. The lowest BCUT2D eigenvalue weighted by Gasteiger charge is -2.23. The van der Waals surface area contributed by atoms with Crippen LogP contribution in [0.1, 0.15) is 18.9 Å². The molecular weight excluding hydrogens is 318 g/mol. The van der Waals surface area contributed by atoms with Gasteiger partial charge in [0, 0.05) is 6.54 Å². The summed E-state index contributed by atoms with van der Waals surface area (Å²) in [4.78, 5) is 39.3. The van der Waals surface area contributed by atoms with Crippen LogP contribution >= 0.6 is 12.4 Å². The van der Waals surface area contributed by atoms with E-state index in [1.165, 1.54) is 0 Å². The molecule has 6 nitrogen and oxygen atoms in total. The van der Waals surface area contributed by atoms with Crippen molar-refractivity contribution in [3.05, 3.63) is 35.9 Å². The summed E-state index contributed by atoms with van der Waals surface area (Å²) < 4.78 is 0. The first-order valence-corrected chi connectivity index (χ1v) is 7.25. The monoisotopic (exact) mass is 339 g/mol. The van der Waals surface area contributed by atoms with Gasteiger partial charge >= 0.3 is 0 Å². The number of likely N-dealkylation sites (tertiary alicyclic amines) is 1. The lowest BCUT2D eigenvalue weighted by atomic mass is 10.2. The molecule has 0 unspecified atom stereocenters. The zero-order valence-electron chi connectivity index (χ0n) is 13.5. The Morgan fingerprint density at radius 2 is 1.91 bits per heavy atom. The SMILES string of the molecule is C[C@H](C(=O)NCc1ccccc1)N1C(=O)C[C@H](N(C)C)C1=O.Cl. The second-order valence-electron chi connectivity index (χ2n) is 5.66. The van der Waals surface area contributed by atoms with Crippen LogP contribution in [0.5, 0.6) is 0 Å². The van der Waals surface area contributed by atoms with E-state index < -0.39 is 12.1 Å². The first kappa shape index (κ1) is 19.1. The van der Waals surface area contributed by atoms with Gasteiger partial charge in [-0.3, -0.25) is 24.2 Å². The zero-order chi connectivity index (χ0) is 16.3. The van der Waals surface area contributed by atoms with Crippen LogP contribution in [0.15, 0.2) is 30.3 Å². The number of amides is 3. The molecule has 7 heteroatoms. The summed E-state index contributed by atoms with van der Waals surface area (Å²) in [6.07, 6.45) is 0.127. The van der Waals surface area contributed by atoms with Gasteiger partial charge in [-0.2, -0.15) is 0 Å². The summed E-state index contributed by atoms with van der Waals surface area (Å²) in [5, 5.41) is 2.76. The molecule has 23 heavy (non-hydrogen) atoms. The molecule has 0 aromatic heterocycles. The number of carbonyl (C=O) groups excluding carboxylic acids is 3. The Labute approximate surface area is 142 Å². The summed E-state index contributed by atoms with van der Waals surface area (Å²) in [6, 6.07) is 8.21. The van der Waals surface area contributed by atoms with Crippen LogP contribution in [0.4, 0.5) is 0 Å². The Hall–Kier alpha value is -1.92. The highest BCUT2D eigenvalue weighted by Crippen LogP contribution is 2.19. The van der Waals surface area contributed by atoms with Crippen molar-refractivity contribution in [1.29, 1.82) is 0 Å². The maximum Gasteiger partial charge on any atom is 0.247 e. The molecule has 0 radical (unpaired) electrons. The van der Waals surface area contributed by atoms with E-state index >= 15 is 0 Å². The fourth-order valence-corrected chi connectivity index (χ4v) is 2.49. The van der Waals surface area contributed by atoms with Crippen LogP contribution in [0.25, 0.3) is 0 Å². The van der Waals surface area contributed by atoms with Crippen molar-refractivity contribution in [3.8, 4) is 0 Å². The number of halogens is 1. The van der Waals surface area contributed by atoms with Gasteiger partial charge < -0.3 is 5.32 Å². The number of hydrogen-bond donors (Lipinski definition) is 1. The average molecular weight is 340 g/mol. The highest BCUT2D eigenvalue weighted by molar-refractivity contribution is 6.08. The molecule has 3 amide bonds. The fourth-order valence-electron chi connectivity index (χ4n) is 2.49. The molecular formula is C16H22ClN3O3. The first-order chi connectivity index (χ1) is 10.4. The fraction of sp³-hybridized carbons (Fsp3) is 0.438. The second kappa shape index (κ2) is 8.08. The van der Waals surface area contributed by atoms with E-state index in [2.05, 4.69) is 5.32 Å². The quantitative estimate of drug-likeness (QED) is 0.806. The van der Waals surface area contributed by atoms with Gasteiger partial charge in [0.2, 0.25) is 17.7 Å². The summed E-state index contributed by atoms with van der Waals surface area (Å²) in [5.74, 6) is -0.937. The third-order valence-electron chi connectivity index (χ3n) is 3.86. The number of carbonyl (C=O) groups is 3. The molecule has 0 saturated carbocycles. The van der Waals surface area contributed by atoms with Gasteiger partial charge in [0.25, 0.3) is 0 Å². The lowest BCUT2D eigenvalue weighted by Crippen LogP contribution is -2.49. The molecule has 0 bridgehead atoms.